The Labute approximate surface area is 128 Å². The van der Waals surface area contributed by atoms with E-state index in [1.807, 2.05) is 18.2 Å². The summed E-state index contributed by atoms with van der Waals surface area (Å²) in [5.41, 5.74) is 8.51. The van der Waals surface area contributed by atoms with E-state index in [2.05, 4.69) is 31.7 Å². The Morgan fingerprint density at radius 1 is 1.14 bits per heavy atom. The van der Waals surface area contributed by atoms with Gasteiger partial charge in [0.05, 0.1) is 19.0 Å². The first kappa shape index (κ1) is 13.2. The fraction of sp³-hybridized carbons (Fsp3) is 0.312. The lowest BCUT2D eigenvalue weighted by Crippen LogP contribution is -2.33. The Morgan fingerprint density at radius 2 is 1.95 bits per heavy atom. The maximum Gasteiger partial charge on any atom is 0.165 e. The number of hydrogen-bond donors (Lipinski definition) is 1. The molecule has 6 nitrogen and oxygen atoms in total. The van der Waals surface area contributed by atoms with Gasteiger partial charge in [-0.3, -0.25) is 0 Å². The second-order valence-electron chi connectivity index (χ2n) is 5.63. The molecule has 1 fully saturated rings. The van der Waals surface area contributed by atoms with Crippen molar-refractivity contribution in [3.63, 3.8) is 0 Å². The van der Waals surface area contributed by atoms with Crippen molar-refractivity contribution in [1.82, 2.24) is 19.5 Å². The van der Waals surface area contributed by atoms with Gasteiger partial charge in [0, 0.05) is 6.04 Å². The summed E-state index contributed by atoms with van der Waals surface area (Å²) in [5, 5.41) is 0. The topological polar surface area (TPSA) is 78.9 Å². The van der Waals surface area contributed by atoms with Gasteiger partial charge < -0.3 is 15.0 Å². The van der Waals surface area contributed by atoms with Crippen LogP contribution in [0.1, 0.15) is 24.4 Å². The molecule has 0 amide bonds. The van der Waals surface area contributed by atoms with Crippen molar-refractivity contribution in [2.75, 3.05) is 5.73 Å². The van der Waals surface area contributed by atoms with Crippen molar-refractivity contribution >= 4 is 17.0 Å². The van der Waals surface area contributed by atoms with Crippen molar-refractivity contribution in [2.24, 2.45) is 0 Å². The van der Waals surface area contributed by atoms with E-state index in [-0.39, 0.29) is 0 Å². The molecular formula is C16H17N5O. The minimum atomic E-state index is 0.293. The smallest absolute Gasteiger partial charge is 0.165 e. The number of benzene rings is 1. The Kier molecular flexibility index (Phi) is 3.23. The summed E-state index contributed by atoms with van der Waals surface area (Å²) in [6.07, 6.45) is 5.53. The fourth-order valence-corrected chi connectivity index (χ4v) is 2.83. The average molecular weight is 295 g/mol. The maximum atomic E-state index is 5.94. The van der Waals surface area contributed by atoms with E-state index in [0.717, 1.165) is 18.5 Å². The lowest BCUT2D eigenvalue weighted by atomic mass is 9.89. The van der Waals surface area contributed by atoms with E-state index in [0.29, 0.717) is 30.1 Å². The Balaban J connectivity index is 1.39. The van der Waals surface area contributed by atoms with E-state index in [9.17, 15) is 0 Å². The molecule has 0 radical (unpaired) electrons. The molecule has 112 valence electrons. The highest BCUT2D eigenvalue weighted by Gasteiger charge is 2.32. The minimum absolute atomic E-state index is 0.293. The lowest BCUT2D eigenvalue weighted by molar-refractivity contribution is -0.0349. The van der Waals surface area contributed by atoms with Crippen molar-refractivity contribution in [2.45, 2.75) is 31.6 Å². The molecule has 0 atom stereocenters. The van der Waals surface area contributed by atoms with Crippen LogP contribution in [0.15, 0.2) is 43.0 Å². The van der Waals surface area contributed by atoms with Crippen molar-refractivity contribution in [3.8, 4) is 0 Å². The fourth-order valence-electron chi connectivity index (χ4n) is 2.83. The summed E-state index contributed by atoms with van der Waals surface area (Å²) in [4.78, 5) is 12.6. The summed E-state index contributed by atoms with van der Waals surface area (Å²) in [7, 11) is 0. The number of imidazole rings is 1. The Morgan fingerprint density at radius 3 is 2.77 bits per heavy atom. The summed E-state index contributed by atoms with van der Waals surface area (Å²) < 4.78 is 8.02. The van der Waals surface area contributed by atoms with Gasteiger partial charge in [0.25, 0.3) is 0 Å². The molecule has 4 rings (SSSR count). The van der Waals surface area contributed by atoms with Crippen LogP contribution in [0.5, 0.6) is 0 Å². The molecule has 1 aliphatic rings. The monoisotopic (exact) mass is 295 g/mol. The second kappa shape index (κ2) is 5.38. The molecule has 6 heteroatoms. The number of ether oxygens (including phenoxy) is 1. The molecule has 0 unspecified atom stereocenters. The third-order valence-electron chi connectivity index (χ3n) is 4.18. The van der Waals surface area contributed by atoms with Gasteiger partial charge in [-0.15, -0.1) is 0 Å². The molecule has 3 aromatic rings. The van der Waals surface area contributed by atoms with Crippen LogP contribution in [0.3, 0.4) is 0 Å². The molecule has 22 heavy (non-hydrogen) atoms. The van der Waals surface area contributed by atoms with Gasteiger partial charge in [0.2, 0.25) is 0 Å². The number of anilines is 1. The SMILES string of the molecule is Nc1ncnc2c1ncn2C1CC(OCc2ccccc2)C1. The van der Waals surface area contributed by atoms with Gasteiger partial charge >= 0.3 is 0 Å². The normalized spacial score (nSPS) is 20.9. The van der Waals surface area contributed by atoms with E-state index in [1.54, 1.807) is 6.33 Å². The quantitative estimate of drug-likeness (QED) is 0.799. The largest absolute Gasteiger partial charge is 0.382 e. The summed E-state index contributed by atoms with van der Waals surface area (Å²) in [5.74, 6) is 0.431. The zero-order chi connectivity index (χ0) is 14.9. The summed E-state index contributed by atoms with van der Waals surface area (Å²) >= 11 is 0. The molecule has 0 bridgehead atoms. The zero-order valence-corrected chi connectivity index (χ0v) is 12.1. The van der Waals surface area contributed by atoms with Crippen LogP contribution in [-0.2, 0) is 11.3 Å². The van der Waals surface area contributed by atoms with Crippen LogP contribution in [0.4, 0.5) is 5.82 Å². The van der Waals surface area contributed by atoms with E-state index < -0.39 is 0 Å². The predicted molar refractivity (Wildman–Crippen MR) is 83.0 cm³/mol. The van der Waals surface area contributed by atoms with Crippen LogP contribution in [-0.4, -0.2) is 25.6 Å². The molecule has 0 aliphatic heterocycles. The number of aromatic nitrogens is 4. The minimum Gasteiger partial charge on any atom is -0.382 e. The highest BCUT2D eigenvalue weighted by molar-refractivity contribution is 5.81. The second-order valence-corrected chi connectivity index (χ2v) is 5.63. The average Bonchev–Trinajstić information content (AvgIpc) is 2.92. The molecule has 0 saturated heterocycles. The highest BCUT2D eigenvalue weighted by Crippen LogP contribution is 2.36. The van der Waals surface area contributed by atoms with Gasteiger partial charge in [-0.2, -0.15) is 0 Å². The van der Waals surface area contributed by atoms with Crippen molar-refractivity contribution in [3.05, 3.63) is 48.5 Å². The third kappa shape index (κ3) is 2.31. The summed E-state index contributed by atoms with van der Waals surface area (Å²) in [6, 6.07) is 10.6. The van der Waals surface area contributed by atoms with Crippen molar-refractivity contribution < 1.29 is 4.74 Å². The number of fused-ring (bicyclic) bond motifs is 1. The number of nitrogens with two attached hydrogens (primary N) is 1. The predicted octanol–water partition coefficient (Wildman–Crippen LogP) is 2.33. The van der Waals surface area contributed by atoms with E-state index in [4.69, 9.17) is 10.5 Å². The van der Waals surface area contributed by atoms with Gasteiger partial charge in [0.1, 0.15) is 11.8 Å². The molecule has 2 heterocycles. The number of hydrogen-bond acceptors (Lipinski definition) is 5. The van der Waals surface area contributed by atoms with Crippen LogP contribution in [0.25, 0.3) is 11.2 Å². The summed E-state index contributed by atoms with van der Waals surface area (Å²) in [6.45, 7) is 0.665. The maximum absolute atomic E-state index is 5.94. The molecule has 1 saturated carbocycles. The first-order valence-corrected chi connectivity index (χ1v) is 7.40. The first-order chi connectivity index (χ1) is 10.8. The van der Waals surface area contributed by atoms with Gasteiger partial charge in [0.15, 0.2) is 11.5 Å². The first-order valence-electron chi connectivity index (χ1n) is 7.40. The molecule has 2 aromatic heterocycles. The Bertz CT molecular complexity index is 780. The number of nitrogen functional groups attached to an aromatic ring is 1. The highest BCUT2D eigenvalue weighted by atomic mass is 16.5. The van der Waals surface area contributed by atoms with Crippen LogP contribution < -0.4 is 5.73 Å². The van der Waals surface area contributed by atoms with Crippen LogP contribution in [0, 0.1) is 0 Å². The van der Waals surface area contributed by atoms with Crippen LogP contribution in [0.2, 0.25) is 0 Å². The van der Waals surface area contributed by atoms with Gasteiger partial charge in [-0.05, 0) is 18.4 Å². The number of nitrogens with zero attached hydrogens (tertiary/aromatic N) is 4. The van der Waals surface area contributed by atoms with Crippen molar-refractivity contribution in [1.29, 1.82) is 0 Å². The third-order valence-corrected chi connectivity index (χ3v) is 4.18. The number of rotatable bonds is 4. The van der Waals surface area contributed by atoms with E-state index >= 15 is 0 Å². The standard InChI is InChI=1S/C16H17N5O/c17-15-14-16(19-9-18-15)21(10-20-14)12-6-13(7-12)22-8-11-4-2-1-3-5-11/h1-5,9-10,12-13H,6-8H2,(H2,17,18,19). The molecule has 1 aromatic carbocycles. The Hall–Kier alpha value is -2.47. The molecule has 1 aliphatic carbocycles. The molecular weight excluding hydrogens is 278 g/mol. The van der Waals surface area contributed by atoms with Gasteiger partial charge in [-0.25, -0.2) is 15.0 Å². The van der Waals surface area contributed by atoms with E-state index in [1.165, 1.54) is 11.9 Å². The molecule has 0 spiro atoms. The van der Waals surface area contributed by atoms with Gasteiger partial charge in [-0.1, -0.05) is 30.3 Å². The lowest BCUT2D eigenvalue weighted by Gasteiger charge is -2.36. The van der Waals surface area contributed by atoms with Crippen LogP contribution >= 0.6 is 0 Å². The molecule has 2 N–H and O–H groups in total. The zero-order valence-electron chi connectivity index (χ0n) is 12.1.